The number of rotatable bonds is 3. The largest absolute Gasteiger partial charge is 0.399 e. The van der Waals surface area contributed by atoms with E-state index in [4.69, 9.17) is 5.73 Å². The van der Waals surface area contributed by atoms with Crippen LogP contribution in [0.3, 0.4) is 0 Å². The van der Waals surface area contributed by atoms with Crippen molar-refractivity contribution in [3.63, 3.8) is 0 Å². The number of nitrogens with two attached hydrogens (primary N) is 1. The molecule has 2 rings (SSSR count). The lowest BCUT2D eigenvalue weighted by atomic mass is 10.3. The predicted octanol–water partition coefficient (Wildman–Crippen LogP) is 3.20. The summed E-state index contributed by atoms with van der Waals surface area (Å²) in [4.78, 5) is 0. The molecular formula is C11H11BrN2O2S2. The molecule has 1 aromatic heterocycles. The molecule has 0 aliphatic carbocycles. The van der Waals surface area contributed by atoms with Crippen LogP contribution in [0.25, 0.3) is 0 Å². The van der Waals surface area contributed by atoms with Crippen molar-refractivity contribution >= 4 is 48.7 Å². The van der Waals surface area contributed by atoms with E-state index < -0.39 is 10.0 Å². The number of aryl methyl sites for hydroxylation is 1. The molecule has 0 fully saturated rings. The highest BCUT2D eigenvalue weighted by molar-refractivity contribution is 9.11. The van der Waals surface area contributed by atoms with Gasteiger partial charge in [0.25, 0.3) is 10.0 Å². The number of halogens is 1. The molecule has 0 saturated heterocycles. The van der Waals surface area contributed by atoms with Crippen molar-refractivity contribution < 1.29 is 8.42 Å². The van der Waals surface area contributed by atoms with Crippen molar-refractivity contribution in [3.8, 4) is 0 Å². The van der Waals surface area contributed by atoms with Crippen LogP contribution in [0.15, 0.2) is 38.3 Å². The monoisotopic (exact) mass is 346 g/mol. The molecule has 1 aromatic carbocycles. The zero-order valence-corrected chi connectivity index (χ0v) is 12.7. The first kappa shape index (κ1) is 13.4. The third-order valence-corrected chi connectivity index (χ3v) is 6.23. The molecule has 1 heterocycles. The molecular weight excluding hydrogens is 336 g/mol. The van der Waals surface area contributed by atoms with Crippen molar-refractivity contribution in [1.29, 1.82) is 0 Å². The Bertz CT molecular complexity index is 661. The molecule has 96 valence electrons. The number of hydrogen-bond acceptors (Lipinski definition) is 4. The van der Waals surface area contributed by atoms with Gasteiger partial charge >= 0.3 is 0 Å². The van der Waals surface area contributed by atoms with Gasteiger partial charge in [0.1, 0.15) is 4.21 Å². The standard InChI is InChI=1S/C11H11BrN2O2S2/c1-7-5-10(17-11(7)12)18(15,16)14-9-4-2-3-8(13)6-9/h2-6,14H,13H2,1H3. The maximum atomic E-state index is 12.1. The second kappa shape index (κ2) is 4.91. The van der Waals surface area contributed by atoms with Gasteiger partial charge in [0, 0.05) is 5.69 Å². The highest BCUT2D eigenvalue weighted by Gasteiger charge is 2.18. The lowest BCUT2D eigenvalue weighted by Crippen LogP contribution is -2.11. The Kier molecular flexibility index (Phi) is 3.65. The second-order valence-electron chi connectivity index (χ2n) is 3.75. The number of benzene rings is 1. The Hall–Kier alpha value is -1.05. The molecule has 3 N–H and O–H groups in total. The van der Waals surface area contributed by atoms with Gasteiger partial charge in [-0.2, -0.15) is 0 Å². The zero-order chi connectivity index (χ0) is 13.3. The molecule has 0 spiro atoms. The van der Waals surface area contributed by atoms with Crippen LogP contribution in [0.4, 0.5) is 11.4 Å². The summed E-state index contributed by atoms with van der Waals surface area (Å²) in [5, 5.41) is 0. The third-order valence-electron chi connectivity index (χ3n) is 2.24. The lowest BCUT2D eigenvalue weighted by molar-refractivity contribution is 0.603. The number of hydrogen-bond donors (Lipinski definition) is 2. The van der Waals surface area contributed by atoms with E-state index in [9.17, 15) is 8.42 Å². The van der Waals surface area contributed by atoms with E-state index in [-0.39, 0.29) is 4.21 Å². The fraction of sp³-hybridized carbons (Fsp3) is 0.0909. The fourth-order valence-corrected chi connectivity index (χ4v) is 4.65. The summed E-state index contributed by atoms with van der Waals surface area (Å²) in [6.45, 7) is 1.85. The summed E-state index contributed by atoms with van der Waals surface area (Å²) < 4.78 is 27.8. The second-order valence-corrected chi connectivity index (χ2v) is 8.03. The van der Waals surface area contributed by atoms with Gasteiger partial charge in [-0.1, -0.05) is 6.07 Å². The predicted molar refractivity (Wildman–Crippen MR) is 78.4 cm³/mol. The molecule has 0 amide bonds. The molecule has 0 radical (unpaired) electrons. The third kappa shape index (κ3) is 2.85. The van der Waals surface area contributed by atoms with Crippen LogP contribution in [-0.4, -0.2) is 8.42 Å². The van der Waals surface area contributed by atoms with Gasteiger partial charge in [-0.05, 0) is 52.7 Å². The van der Waals surface area contributed by atoms with E-state index in [1.54, 1.807) is 30.3 Å². The summed E-state index contributed by atoms with van der Waals surface area (Å²) >= 11 is 4.49. The normalized spacial score (nSPS) is 11.4. The highest BCUT2D eigenvalue weighted by atomic mass is 79.9. The van der Waals surface area contributed by atoms with E-state index in [0.29, 0.717) is 11.4 Å². The van der Waals surface area contributed by atoms with Gasteiger partial charge < -0.3 is 5.73 Å². The van der Waals surface area contributed by atoms with Crippen LogP contribution in [0, 0.1) is 6.92 Å². The smallest absolute Gasteiger partial charge is 0.271 e. The number of thiophene rings is 1. The molecule has 7 heteroatoms. The SMILES string of the molecule is Cc1cc(S(=O)(=O)Nc2cccc(N)c2)sc1Br. The van der Waals surface area contributed by atoms with Crippen molar-refractivity contribution in [2.45, 2.75) is 11.1 Å². The summed E-state index contributed by atoms with van der Waals surface area (Å²) in [6, 6.07) is 8.26. The average Bonchev–Trinajstić information content (AvgIpc) is 2.59. The van der Waals surface area contributed by atoms with Gasteiger partial charge in [-0.3, -0.25) is 4.72 Å². The van der Waals surface area contributed by atoms with E-state index in [1.807, 2.05) is 6.92 Å². The Labute approximate surface area is 118 Å². The Balaban J connectivity index is 2.33. The van der Waals surface area contributed by atoms with E-state index in [1.165, 1.54) is 11.3 Å². The van der Waals surface area contributed by atoms with E-state index in [2.05, 4.69) is 20.7 Å². The quantitative estimate of drug-likeness (QED) is 0.838. The number of nitrogens with one attached hydrogen (secondary N) is 1. The molecule has 0 saturated carbocycles. The average molecular weight is 347 g/mol. The zero-order valence-electron chi connectivity index (χ0n) is 9.48. The van der Waals surface area contributed by atoms with Crippen LogP contribution in [0.5, 0.6) is 0 Å². The van der Waals surface area contributed by atoms with E-state index in [0.717, 1.165) is 9.35 Å². The van der Waals surface area contributed by atoms with Crippen LogP contribution in [0.1, 0.15) is 5.56 Å². The van der Waals surface area contributed by atoms with Gasteiger partial charge in [0.05, 0.1) is 9.47 Å². The summed E-state index contributed by atoms with van der Waals surface area (Å²) in [7, 11) is -3.55. The Morgan fingerprint density at radius 1 is 1.33 bits per heavy atom. The van der Waals surface area contributed by atoms with Gasteiger partial charge in [0.2, 0.25) is 0 Å². The number of nitrogen functional groups attached to an aromatic ring is 1. The minimum absolute atomic E-state index is 0.272. The lowest BCUT2D eigenvalue weighted by Gasteiger charge is -2.06. The van der Waals surface area contributed by atoms with Gasteiger partial charge in [0.15, 0.2) is 0 Å². The molecule has 18 heavy (non-hydrogen) atoms. The van der Waals surface area contributed by atoms with Crippen molar-refractivity contribution in [2.24, 2.45) is 0 Å². The van der Waals surface area contributed by atoms with Crippen molar-refractivity contribution in [1.82, 2.24) is 0 Å². The molecule has 0 unspecified atom stereocenters. The number of anilines is 2. The first-order valence-corrected chi connectivity index (χ1v) is 8.12. The van der Waals surface area contributed by atoms with Crippen molar-refractivity contribution in [2.75, 3.05) is 10.5 Å². The molecule has 2 aromatic rings. The van der Waals surface area contributed by atoms with Crippen LogP contribution in [-0.2, 0) is 10.0 Å². The Morgan fingerprint density at radius 3 is 2.61 bits per heavy atom. The molecule has 4 nitrogen and oxygen atoms in total. The minimum atomic E-state index is -3.55. The fourth-order valence-electron chi connectivity index (χ4n) is 1.37. The van der Waals surface area contributed by atoms with Crippen LogP contribution in [0.2, 0.25) is 0 Å². The maximum Gasteiger partial charge on any atom is 0.271 e. The summed E-state index contributed by atoms with van der Waals surface area (Å²) in [5.74, 6) is 0. The van der Waals surface area contributed by atoms with Crippen molar-refractivity contribution in [3.05, 3.63) is 39.7 Å². The van der Waals surface area contributed by atoms with Gasteiger partial charge in [-0.15, -0.1) is 11.3 Å². The Morgan fingerprint density at radius 2 is 2.06 bits per heavy atom. The van der Waals surface area contributed by atoms with Crippen LogP contribution >= 0.6 is 27.3 Å². The first-order chi connectivity index (χ1) is 8.38. The maximum absolute atomic E-state index is 12.1. The first-order valence-electron chi connectivity index (χ1n) is 5.03. The molecule has 0 aliphatic heterocycles. The summed E-state index contributed by atoms with van der Waals surface area (Å²) in [6.07, 6.45) is 0. The topological polar surface area (TPSA) is 72.2 Å². The van der Waals surface area contributed by atoms with Crippen LogP contribution < -0.4 is 10.5 Å². The number of sulfonamides is 1. The van der Waals surface area contributed by atoms with E-state index >= 15 is 0 Å². The molecule has 0 bridgehead atoms. The molecule has 0 aliphatic rings. The summed E-state index contributed by atoms with van der Waals surface area (Å²) in [5.41, 5.74) is 7.47. The highest BCUT2D eigenvalue weighted by Crippen LogP contribution is 2.31. The van der Waals surface area contributed by atoms with Gasteiger partial charge in [-0.25, -0.2) is 8.42 Å². The minimum Gasteiger partial charge on any atom is -0.399 e. The molecule has 0 atom stereocenters.